The highest BCUT2D eigenvalue weighted by Crippen LogP contribution is 2.30. The molecule has 1 aromatic carbocycles. The molecule has 0 unspecified atom stereocenters. The zero-order valence-corrected chi connectivity index (χ0v) is 14.6. The number of allylic oxidation sites excluding steroid dienone is 2. The predicted octanol–water partition coefficient (Wildman–Crippen LogP) is 4.95. The smallest absolute Gasteiger partial charge is 0.355 e. The molecule has 0 saturated carbocycles. The number of benzene rings is 1. The minimum Gasteiger partial charge on any atom is -0.355 e. The Balaban J connectivity index is 2.11. The van der Waals surface area contributed by atoms with Gasteiger partial charge in [-0.05, 0) is 64.2 Å². The van der Waals surface area contributed by atoms with Crippen LogP contribution in [0.25, 0.3) is 0 Å². The molecular weight excluding hydrogens is 327 g/mol. The number of hydrogen-bond donors (Lipinski definition) is 1. The second-order valence-corrected chi connectivity index (χ2v) is 6.25. The van der Waals surface area contributed by atoms with Crippen LogP contribution in [0, 0.1) is 5.92 Å². The molecule has 0 atom stereocenters. The van der Waals surface area contributed by atoms with Crippen molar-refractivity contribution < 1.29 is 13.2 Å². The summed E-state index contributed by atoms with van der Waals surface area (Å²) in [5, 5.41) is 3.10. The Morgan fingerprint density at radius 2 is 1.84 bits per heavy atom. The summed E-state index contributed by atoms with van der Waals surface area (Å²) in [6.45, 7) is 7.93. The largest absolute Gasteiger partial charge is 0.416 e. The lowest BCUT2D eigenvalue weighted by atomic mass is 9.90. The van der Waals surface area contributed by atoms with Gasteiger partial charge in [0.2, 0.25) is 0 Å². The van der Waals surface area contributed by atoms with Gasteiger partial charge in [-0.1, -0.05) is 12.7 Å². The van der Waals surface area contributed by atoms with E-state index in [2.05, 4.69) is 28.8 Å². The Bertz CT molecular complexity index is 637. The summed E-state index contributed by atoms with van der Waals surface area (Å²) in [4.78, 5) is 6.79. The van der Waals surface area contributed by atoms with Gasteiger partial charge in [-0.3, -0.25) is 4.99 Å². The summed E-state index contributed by atoms with van der Waals surface area (Å²) in [6, 6.07) is 4.95. The van der Waals surface area contributed by atoms with E-state index in [0.29, 0.717) is 17.3 Å². The summed E-state index contributed by atoms with van der Waals surface area (Å²) in [7, 11) is 2.09. The zero-order valence-electron chi connectivity index (χ0n) is 14.6. The summed E-state index contributed by atoms with van der Waals surface area (Å²) in [5.74, 6) is 0.293. The molecule has 1 N–H and O–H groups in total. The first-order valence-corrected chi connectivity index (χ1v) is 8.32. The molecular formula is C19H24F3N3. The molecule has 0 aliphatic carbocycles. The van der Waals surface area contributed by atoms with Crippen LogP contribution >= 0.6 is 0 Å². The number of aliphatic imine (C=N–C) groups is 1. The average Bonchev–Trinajstić information content (AvgIpc) is 2.56. The molecule has 1 aromatic rings. The number of nitrogens with one attached hydrogen (secondary N) is 1. The van der Waals surface area contributed by atoms with Crippen LogP contribution in [0.3, 0.4) is 0 Å². The monoisotopic (exact) mass is 351 g/mol. The molecule has 0 radical (unpaired) electrons. The van der Waals surface area contributed by atoms with E-state index in [1.54, 1.807) is 6.20 Å². The Kier molecular flexibility index (Phi) is 6.42. The van der Waals surface area contributed by atoms with Gasteiger partial charge in [-0.15, -0.1) is 0 Å². The molecule has 0 bridgehead atoms. The second-order valence-electron chi connectivity index (χ2n) is 6.25. The molecule has 1 fully saturated rings. The maximum absolute atomic E-state index is 12.7. The van der Waals surface area contributed by atoms with Crippen LogP contribution in [0.4, 0.5) is 18.9 Å². The molecule has 2 rings (SSSR count). The standard InChI is InChI=1S/C19H24F3N3/c1-4-11-23-18(15-9-12-25(3)13-10-15)14(2)24-17-7-5-16(6-8-17)19(20,21)22/h4-8,11,15,24H,2,9-10,12-13H2,1,3H3/b11-4-,23-18?. The van der Waals surface area contributed by atoms with Gasteiger partial charge in [0.05, 0.1) is 17.0 Å². The number of likely N-dealkylation sites (tertiary alicyclic amines) is 1. The Morgan fingerprint density at radius 3 is 2.36 bits per heavy atom. The third kappa shape index (κ3) is 5.46. The summed E-state index contributed by atoms with van der Waals surface area (Å²) < 4.78 is 38.0. The van der Waals surface area contributed by atoms with Gasteiger partial charge in [0.1, 0.15) is 0 Å². The van der Waals surface area contributed by atoms with Crippen LogP contribution in [0.5, 0.6) is 0 Å². The van der Waals surface area contributed by atoms with Crippen LogP contribution < -0.4 is 5.32 Å². The van der Waals surface area contributed by atoms with Crippen molar-refractivity contribution in [3.63, 3.8) is 0 Å². The normalized spacial score (nSPS) is 17.9. The van der Waals surface area contributed by atoms with E-state index in [4.69, 9.17) is 0 Å². The maximum atomic E-state index is 12.7. The maximum Gasteiger partial charge on any atom is 0.416 e. The van der Waals surface area contributed by atoms with E-state index >= 15 is 0 Å². The Morgan fingerprint density at radius 1 is 1.24 bits per heavy atom. The van der Waals surface area contributed by atoms with E-state index in [-0.39, 0.29) is 0 Å². The van der Waals surface area contributed by atoms with E-state index < -0.39 is 11.7 Å². The fourth-order valence-electron chi connectivity index (χ4n) is 2.85. The third-order valence-corrected chi connectivity index (χ3v) is 4.28. The molecule has 0 aromatic heterocycles. The van der Waals surface area contributed by atoms with Crippen LogP contribution in [-0.2, 0) is 6.18 Å². The summed E-state index contributed by atoms with van der Waals surface area (Å²) >= 11 is 0. The van der Waals surface area contributed by atoms with E-state index in [9.17, 15) is 13.2 Å². The van der Waals surface area contributed by atoms with Gasteiger partial charge >= 0.3 is 6.18 Å². The van der Waals surface area contributed by atoms with Gasteiger partial charge in [-0.2, -0.15) is 13.2 Å². The molecule has 3 nitrogen and oxygen atoms in total. The number of hydrogen-bond acceptors (Lipinski definition) is 3. The number of rotatable bonds is 5. The van der Waals surface area contributed by atoms with Crippen molar-refractivity contribution in [1.29, 1.82) is 0 Å². The quantitative estimate of drug-likeness (QED) is 0.760. The highest BCUT2D eigenvalue weighted by molar-refractivity contribution is 6.04. The average molecular weight is 351 g/mol. The highest BCUT2D eigenvalue weighted by Gasteiger charge is 2.30. The number of anilines is 1. The van der Waals surface area contributed by atoms with Crippen molar-refractivity contribution in [1.82, 2.24) is 4.90 Å². The molecule has 136 valence electrons. The number of halogens is 3. The molecule has 25 heavy (non-hydrogen) atoms. The lowest BCUT2D eigenvalue weighted by molar-refractivity contribution is -0.137. The van der Waals surface area contributed by atoms with Crippen LogP contribution in [0.15, 0.2) is 53.8 Å². The molecule has 1 aliphatic heterocycles. The highest BCUT2D eigenvalue weighted by atomic mass is 19.4. The van der Waals surface area contributed by atoms with Crippen molar-refractivity contribution >= 4 is 11.4 Å². The van der Waals surface area contributed by atoms with E-state index in [1.807, 2.05) is 13.0 Å². The molecule has 1 aliphatic rings. The van der Waals surface area contributed by atoms with Crippen molar-refractivity contribution in [2.75, 3.05) is 25.5 Å². The van der Waals surface area contributed by atoms with Crippen LogP contribution in [0.2, 0.25) is 0 Å². The molecule has 6 heteroatoms. The lowest BCUT2D eigenvalue weighted by Crippen LogP contribution is -2.34. The van der Waals surface area contributed by atoms with Gasteiger partial charge < -0.3 is 10.2 Å². The van der Waals surface area contributed by atoms with Crippen LogP contribution in [-0.4, -0.2) is 30.7 Å². The molecule has 1 saturated heterocycles. The first kappa shape index (κ1) is 19.2. The molecule has 1 heterocycles. The minimum absolute atomic E-state index is 0.293. The fraction of sp³-hybridized carbons (Fsp3) is 0.421. The van der Waals surface area contributed by atoms with Crippen molar-refractivity contribution in [2.45, 2.75) is 25.9 Å². The minimum atomic E-state index is -4.33. The summed E-state index contributed by atoms with van der Waals surface area (Å²) in [6.07, 6.45) is 1.22. The van der Waals surface area contributed by atoms with E-state index in [0.717, 1.165) is 43.8 Å². The second kappa shape index (κ2) is 8.34. The van der Waals surface area contributed by atoms with Crippen molar-refractivity contribution in [3.8, 4) is 0 Å². The predicted molar refractivity (Wildman–Crippen MR) is 96.7 cm³/mol. The first-order valence-electron chi connectivity index (χ1n) is 8.32. The Hall–Kier alpha value is -2.08. The topological polar surface area (TPSA) is 27.6 Å². The molecule has 0 amide bonds. The van der Waals surface area contributed by atoms with Crippen molar-refractivity contribution in [3.05, 3.63) is 54.4 Å². The summed E-state index contributed by atoms with van der Waals surface area (Å²) in [5.41, 5.74) is 1.40. The fourth-order valence-corrected chi connectivity index (χ4v) is 2.85. The van der Waals surface area contributed by atoms with Gasteiger partial charge in [-0.25, -0.2) is 0 Å². The number of piperidine rings is 1. The van der Waals surface area contributed by atoms with Crippen molar-refractivity contribution in [2.24, 2.45) is 10.9 Å². The molecule has 0 spiro atoms. The van der Waals surface area contributed by atoms with E-state index in [1.165, 1.54) is 12.1 Å². The first-order chi connectivity index (χ1) is 11.8. The van der Waals surface area contributed by atoms with Gasteiger partial charge in [0.25, 0.3) is 0 Å². The SMILES string of the molecule is C=C(Nc1ccc(C(F)(F)F)cc1)C(=N/C=C\C)C1CCN(C)CC1. The zero-order chi connectivity index (χ0) is 18.4. The number of alkyl halides is 3. The van der Waals surface area contributed by atoms with Gasteiger partial charge in [0.15, 0.2) is 0 Å². The Labute approximate surface area is 146 Å². The lowest BCUT2D eigenvalue weighted by Gasteiger charge is -2.30. The van der Waals surface area contributed by atoms with Crippen LogP contribution in [0.1, 0.15) is 25.3 Å². The van der Waals surface area contributed by atoms with Gasteiger partial charge in [0, 0.05) is 17.8 Å². The number of nitrogens with zero attached hydrogens (tertiary/aromatic N) is 2. The third-order valence-electron chi connectivity index (χ3n) is 4.28.